The van der Waals surface area contributed by atoms with Gasteiger partial charge in [0.2, 0.25) is 0 Å². The van der Waals surface area contributed by atoms with Crippen molar-refractivity contribution in [1.82, 2.24) is 5.32 Å². The average molecular weight is 293 g/mol. The highest BCUT2D eigenvalue weighted by Gasteiger charge is 2.32. The molecule has 1 aliphatic carbocycles. The second-order valence-electron chi connectivity index (χ2n) is 5.93. The van der Waals surface area contributed by atoms with Gasteiger partial charge in [0.1, 0.15) is 5.75 Å². The van der Waals surface area contributed by atoms with Crippen molar-refractivity contribution in [3.05, 3.63) is 29.8 Å². The molecule has 20 heavy (non-hydrogen) atoms. The van der Waals surface area contributed by atoms with Crippen molar-refractivity contribution in [2.75, 3.05) is 18.6 Å². The van der Waals surface area contributed by atoms with E-state index >= 15 is 0 Å². The van der Waals surface area contributed by atoms with Gasteiger partial charge in [0.15, 0.2) is 0 Å². The van der Waals surface area contributed by atoms with E-state index in [1.807, 2.05) is 6.07 Å². The second kappa shape index (κ2) is 6.27. The molecule has 0 bridgehead atoms. The molecule has 1 saturated carbocycles. The van der Waals surface area contributed by atoms with Crippen molar-refractivity contribution >= 4 is 10.8 Å². The summed E-state index contributed by atoms with van der Waals surface area (Å²) in [6, 6.07) is 9.66. The van der Waals surface area contributed by atoms with Crippen molar-refractivity contribution in [2.24, 2.45) is 0 Å². The maximum atomic E-state index is 11.3. The summed E-state index contributed by atoms with van der Waals surface area (Å²) in [5.41, 5.74) is 1.40. The fourth-order valence-corrected chi connectivity index (χ4v) is 4.51. The molecule has 2 fully saturated rings. The molecular weight excluding hydrogens is 270 g/mol. The minimum Gasteiger partial charge on any atom is -0.497 e. The van der Waals surface area contributed by atoms with Crippen LogP contribution in [0.4, 0.5) is 0 Å². The first-order chi connectivity index (χ1) is 9.74. The van der Waals surface area contributed by atoms with Gasteiger partial charge in [-0.2, -0.15) is 0 Å². The molecule has 3 rings (SSSR count). The quantitative estimate of drug-likeness (QED) is 0.926. The standard InChI is InChI=1S/C16H23NO2S/c1-19-16-4-2-3-12(11-16)13-9-15(10-13)17-14-5-7-20(18)8-6-14/h2-4,11,13-15,17H,5-10H2,1H3. The number of ether oxygens (including phenoxy) is 1. The first-order valence-corrected chi connectivity index (χ1v) is 8.98. The molecule has 0 spiro atoms. The third kappa shape index (κ3) is 3.23. The average Bonchev–Trinajstić information content (AvgIpc) is 2.44. The number of nitrogens with one attached hydrogen (secondary N) is 1. The van der Waals surface area contributed by atoms with Crippen LogP contribution in [0.5, 0.6) is 5.75 Å². The lowest BCUT2D eigenvalue weighted by atomic mass is 9.75. The van der Waals surface area contributed by atoms with Gasteiger partial charge in [0, 0.05) is 34.4 Å². The highest BCUT2D eigenvalue weighted by molar-refractivity contribution is 7.85. The highest BCUT2D eigenvalue weighted by atomic mass is 32.2. The maximum absolute atomic E-state index is 11.3. The van der Waals surface area contributed by atoms with E-state index in [9.17, 15) is 4.21 Å². The molecule has 1 aromatic carbocycles. The maximum Gasteiger partial charge on any atom is 0.119 e. The number of hydrogen-bond donors (Lipinski definition) is 1. The van der Waals surface area contributed by atoms with Crippen LogP contribution in [0.25, 0.3) is 0 Å². The molecule has 0 unspecified atom stereocenters. The Hall–Kier alpha value is -0.870. The third-order valence-corrected chi connectivity index (χ3v) is 5.94. The van der Waals surface area contributed by atoms with Gasteiger partial charge in [0.25, 0.3) is 0 Å². The van der Waals surface area contributed by atoms with E-state index in [0.717, 1.165) is 30.1 Å². The Balaban J connectivity index is 1.47. The topological polar surface area (TPSA) is 38.3 Å². The molecule has 1 aliphatic heterocycles. The minimum absolute atomic E-state index is 0.554. The van der Waals surface area contributed by atoms with Gasteiger partial charge < -0.3 is 10.1 Å². The zero-order chi connectivity index (χ0) is 13.9. The fourth-order valence-electron chi connectivity index (χ4n) is 3.22. The van der Waals surface area contributed by atoms with Crippen molar-refractivity contribution in [1.29, 1.82) is 0 Å². The first-order valence-electron chi connectivity index (χ1n) is 7.49. The smallest absolute Gasteiger partial charge is 0.119 e. The van der Waals surface area contributed by atoms with Crippen LogP contribution < -0.4 is 10.1 Å². The molecule has 0 radical (unpaired) electrons. The van der Waals surface area contributed by atoms with Crippen LogP contribution in [0.15, 0.2) is 24.3 Å². The molecule has 4 heteroatoms. The minimum atomic E-state index is -0.554. The Morgan fingerprint density at radius 3 is 2.65 bits per heavy atom. The zero-order valence-electron chi connectivity index (χ0n) is 12.0. The number of benzene rings is 1. The zero-order valence-corrected chi connectivity index (χ0v) is 12.8. The highest BCUT2D eigenvalue weighted by Crippen LogP contribution is 2.38. The fraction of sp³-hybridized carbons (Fsp3) is 0.625. The Kier molecular flexibility index (Phi) is 4.41. The molecule has 1 aromatic rings. The predicted molar refractivity (Wildman–Crippen MR) is 82.8 cm³/mol. The van der Waals surface area contributed by atoms with E-state index in [2.05, 4.69) is 23.5 Å². The normalized spacial score (nSPS) is 33.5. The van der Waals surface area contributed by atoms with Gasteiger partial charge in [-0.15, -0.1) is 0 Å². The summed E-state index contributed by atoms with van der Waals surface area (Å²) in [4.78, 5) is 0. The Morgan fingerprint density at radius 2 is 1.95 bits per heavy atom. The Morgan fingerprint density at radius 1 is 1.20 bits per heavy atom. The van der Waals surface area contributed by atoms with Crippen molar-refractivity contribution in [3.63, 3.8) is 0 Å². The Labute approximate surface area is 123 Å². The largest absolute Gasteiger partial charge is 0.497 e. The van der Waals surface area contributed by atoms with E-state index in [0.29, 0.717) is 18.0 Å². The summed E-state index contributed by atoms with van der Waals surface area (Å²) in [6.07, 6.45) is 4.58. The van der Waals surface area contributed by atoms with Crippen molar-refractivity contribution in [2.45, 2.75) is 43.7 Å². The molecular formula is C16H23NO2S. The van der Waals surface area contributed by atoms with E-state index in [1.54, 1.807) is 7.11 Å². The van der Waals surface area contributed by atoms with Gasteiger partial charge in [-0.25, -0.2) is 0 Å². The van der Waals surface area contributed by atoms with Gasteiger partial charge in [-0.05, 0) is 49.3 Å². The molecule has 110 valence electrons. The predicted octanol–water partition coefficient (Wildman–Crippen LogP) is 2.44. The van der Waals surface area contributed by atoms with Crippen LogP contribution in [0.1, 0.15) is 37.2 Å². The van der Waals surface area contributed by atoms with Gasteiger partial charge in [-0.3, -0.25) is 4.21 Å². The van der Waals surface area contributed by atoms with E-state index in [4.69, 9.17) is 4.74 Å². The summed E-state index contributed by atoms with van der Waals surface area (Å²) in [5.74, 6) is 3.38. The Bertz CT molecular complexity index is 475. The van der Waals surface area contributed by atoms with Gasteiger partial charge in [-0.1, -0.05) is 12.1 Å². The lowest BCUT2D eigenvalue weighted by Gasteiger charge is -2.39. The summed E-state index contributed by atoms with van der Waals surface area (Å²) in [6.45, 7) is 0. The van der Waals surface area contributed by atoms with Crippen molar-refractivity contribution < 1.29 is 8.95 Å². The summed E-state index contributed by atoms with van der Waals surface area (Å²) in [7, 11) is 1.17. The van der Waals surface area contributed by atoms with Crippen LogP contribution >= 0.6 is 0 Å². The van der Waals surface area contributed by atoms with E-state index < -0.39 is 10.8 Å². The number of rotatable bonds is 4. The van der Waals surface area contributed by atoms with Gasteiger partial charge in [0.05, 0.1) is 7.11 Å². The SMILES string of the molecule is COc1cccc(C2CC(NC3CCS(=O)CC3)C2)c1. The molecule has 2 aliphatic rings. The first kappa shape index (κ1) is 14.1. The van der Waals surface area contributed by atoms with Crippen LogP contribution in [-0.2, 0) is 10.8 Å². The molecule has 1 saturated heterocycles. The van der Waals surface area contributed by atoms with Crippen molar-refractivity contribution in [3.8, 4) is 5.75 Å². The second-order valence-corrected chi connectivity index (χ2v) is 7.63. The third-order valence-electron chi connectivity index (χ3n) is 4.56. The lowest BCUT2D eigenvalue weighted by molar-refractivity contribution is 0.257. The van der Waals surface area contributed by atoms with Crippen LogP contribution in [0.3, 0.4) is 0 Å². The summed E-state index contributed by atoms with van der Waals surface area (Å²) >= 11 is 0. The number of hydrogen-bond acceptors (Lipinski definition) is 3. The lowest BCUT2D eigenvalue weighted by Crippen LogP contribution is -2.47. The summed E-state index contributed by atoms with van der Waals surface area (Å²) < 4.78 is 16.6. The molecule has 0 atom stereocenters. The molecule has 1 N–H and O–H groups in total. The van der Waals surface area contributed by atoms with Crippen LogP contribution in [0, 0.1) is 0 Å². The monoisotopic (exact) mass is 293 g/mol. The summed E-state index contributed by atoms with van der Waals surface area (Å²) in [5, 5.41) is 3.74. The number of methoxy groups -OCH3 is 1. The molecule has 0 aromatic heterocycles. The van der Waals surface area contributed by atoms with Crippen LogP contribution in [-0.4, -0.2) is 34.9 Å². The van der Waals surface area contributed by atoms with Crippen LogP contribution in [0.2, 0.25) is 0 Å². The molecule has 0 amide bonds. The van der Waals surface area contributed by atoms with E-state index in [1.165, 1.54) is 18.4 Å². The van der Waals surface area contributed by atoms with E-state index in [-0.39, 0.29) is 0 Å². The molecule has 3 nitrogen and oxygen atoms in total. The van der Waals surface area contributed by atoms with Gasteiger partial charge >= 0.3 is 0 Å². The molecule has 1 heterocycles.